The molecule has 0 aliphatic carbocycles. The van der Waals surface area contributed by atoms with E-state index in [0.29, 0.717) is 23.4 Å². The number of aryl methyl sites for hydroxylation is 1. The smallest absolute Gasteiger partial charge is 0.261 e. The van der Waals surface area contributed by atoms with Gasteiger partial charge in [-0.15, -0.1) is 11.3 Å². The van der Waals surface area contributed by atoms with E-state index in [1.165, 1.54) is 17.4 Å². The van der Waals surface area contributed by atoms with Crippen LogP contribution < -0.4 is 10.1 Å². The number of halogens is 1. The van der Waals surface area contributed by atoms with E-state index in [1.54, 1.807) is 18.2 Å². The summed E-state index contributed by atoms with van der Waals surface area (Å²) in [7, 11) is 0. The van der Waals surface area contributed by atoms with Gasteiger partial charge in [-0.25, -0.2) is 4.39 Å². The molecule has 0 spiro atoms. The average Bonchev–Trinajstić information content (AvgIpc) is 2.97. The van der Waals surface area contributed by atoms with Crippen molar-refractivity contribution in [2.24, 2.45) is 0 Å². The van der Waals surface area contributed by atoms with Gasteiger partial charge in [0.25, 0.3) is 5.91 Å². The lowest BCUT2D eigenvalue weighted by molar-refractivity contribution is 0.0951. The molecule has 3 rings (SSSR count). The number of thiophene rings is 1. The summed E-state index contributed by atoms with van der Waals surface area (Å²) in [5.41, 5.74) is 1.12. The number of hydrogen-bond acceptors (Lipinski definition) is 3. The zero-order valence-corrected chi connectivity index (χ0v) is 13.5. The van der Waals surface area contributed by atoms with Crippen molar-refractivity contribution in [2.45, 2.75) is 6.92 Å². The lowest BCUT2D eigenvalue weighted by atomic mass is 10.2. The SMILES string of the molecule is Cc1cccc(OCCNC(=O)c2cc3c(F)cccc3s2)c1. The second kappa shape index (κ2) is 6.79. The van der Waals surface area contributed by atoms with Crippen LogP contribution >= 0.6 is 11.3 Å². The first-order chi connectivity index (χ1) is 11.1. The molecule has 1 N–H and O–H groups in total. The van der Waals surface area contributed by atoms with E-state index in [2.05, 4.69) is 5.32 Å². The third-order valence-corrected chi connectivity index (χ3v) is 4.48. The van der Waals surface area contributed by atoms with Crippen molar-refractivity contribution in [3.63, 3.8) is 0 Å². The molecule has 0 saturated carbocycles. The number of carbonyl (C=O) groups is 1. The summed E-state index contributed by atoms with van der Waals surface area (Å²) in [6.45, 7) is 2.77. The van der Waals surface area contributed by atoms with Crippen molar-refractivity contribution in [3.05, 3.63) is 64.8 Å². The summed E-state index contributed by atoms with van der Waals surface area (Å²) < 4.78 is 20.0. The van der Waals surface area contributed by atoms with Gasteiger partial charge in [0.1, 0.15) is 18.2 Å². The zero-order valence-electron chi connectivity index (χ0n) is 12.6. The van der Waals surface area contributed by atoms with Crippen molar-refractivity contribution < 1.29 is 13.9 Å². The number of benzene rings is 2. The lowest BCUT2D eigenvalue weighted by Crippen LogP contribution is -2.27. The highest BCUT2D eigenvalue weighted by molar-refractivity contribution is 7.20. The van der Waals surface area contributed by atoms with E-state index in [-0.39, 0.29) is 11.7 Å². The van der Waals surface area contributed by atoms with Crippen molar-refractivity contribution in [3.8, 4) is 5.75 Å². The van der Waals surface area contributed by atoms with Crippen LogP contribution in [0.4, 0.5) is 4.39 Å². The molecule has 2 aromatic carbocycles. The largest absolute Gasteiger partial charge is 0.492 e. The van der Waals surface area contributed by atoms with Gasteiger partial charge < -0.3 is 10.1 Å². The molecule has 118 valence electrons. The van der Waals surface area contributed by atoms with Crippen molar-refractivity contribution in [1.82, 2.24) is 5.32 Å². The Labute approximate surface area is 137 Å². The third-order valence-electron chi connectivity index (χ3n) is 3.38. The number of rotatable bonds is 5. The van der Waals surface area contributed by atoms with E-state index < -0.39 is 0 Å². The van der Waals surface area contributed by atoms with Crippen LogP contribution in [0.5, 0.6) is 5.75 Å². The van der Waals surface area contributed by atoms with Crippen molar-refractivity contribution >= 4 is 27.3 Å². The molecule has 0 aliphatic rings. The highest BCUT2D eigenvalue weighted by Gasteiger charge is 2.11. The third kappa shape index (κ3) is 3.68. The van der Waals surface area contributed by atoms with Gasteiger partial charge in [0.05, 0.1) is 11.4 Å². The van der Waals surface area contributed by atoms with Gasteiger partial charge >= 0.3 is 0 Å². The number of nitrogens with one attached hydrogen (secondary N) is 1. The monoisotopic (exact) mass is 329 g/mol. The summed E-state index contributed by atoms with van der Waals surface area (Å²) in [5.74, 6) is 0.266. The van der Waals surface area contributed by atoms with Gasteiger partial charge in [-0.1, -0.05) is 18.2 Å². The van der Waals surface area contributed by atoms with E-state index in [4.69, 9.17) is 4.74 Å². The van der Waals surface area contributed by atoms with Gasteiger partial charge in [-0.05, 0) is 42.8 Å². The molecule has 0 fully saturated rings. The van der Waals surface area contributed by atoms with Crippen LogP contribution in [0, 0.1) is 12.7 Å². The van der Waals surface area contributed by atoms with Crippen LogP contribution in [-0.4, -0.2) is 19.1 Å². The second-order valence-electron chi connectivity index (χ2n) is 5.18. The van der Waals surface area contributed by atoms with E-state index in [0.717, 1.165) is 16.0 Å². The molecule has 5 heteroatoms. The zero-order chi connectivity index (χ0) is 16.2. The number of ether oxygens (including phenoxy) is 1. The first-order valence-corrected chi connectivity index (χ1v) is 8.11. The average molecular weight is 329 g/mol. The maximum Gasteiger partial charge on any atom is 0.261 e. The van der Waals surface area contributed by atoms with Crippen LogP contribution in [0.3, 0.4) is 0 Å². The number of hydrogen-bond donors (Lipinski definition) is 1. The highest BCUT2D eigenvalue weighted by atomic mass is 32.1. The summed E-state index contributed by atoms with van der Waals surface area (Å²) in [5, 5.41) is 3.27. The first kappa shape index (κ1) is 15.5. The minimum atomic E-state index is -0.305. The topological polar surface area (TPSA) is 38.3 Å². The number of carbonyl (C=O) groups excluding carboxylic acids is 1. The minimum Gasteiger partial charge on any atom is -0.492 e. The fourth-order valence-corrected chi connectivity index (χ4v) is 3.25. The fraction of sp³-hybridized carbons (Fsp3) is 0.167. The molecule has 3 nitrogen and oxygen atoms in total. The molecular weight excluding hydrogens is 313 g/mol. The molecule has 0 atom stereocenters. The molecule has 1 amide bonds. The van der Waals surface area contributed by atoms with Gasteiger partial charge in [0.15, 0.2) is 0 Å². The van der Waals surface area contributed by atoms with Gasteiger partial charge in [-0.2, -0.15) is 0 Å². The summed E-state index contributed by atoms with van der Waals surface area (Å²) >= 11 is 1.28. The quantitative estimate of drug-likeness (QED) is 0.714. The molecule has 0 bridgehead atoms. The van der Waals surface area contributed by atoms with Crippen LogP contribution in [0.15, 0.2) is 48.5 Å². The number of amides is 1. The first-order valence-electron chi connectivity index (χ1n) is 7.29. The van der Waals surface area contributed by atoms with Crippen molar-refractivity contribution in [2.75, 3.05) is 13.2 Å². The van der Waals surface area contributed by atoms with E-state index in [1.807, 2.05) is 31.2 Å². The molecule has 23 heavy (non-hydrogen) atoms. The normalized spacial score (nSPS) is 10.7. The van der Waals surface area contributed by atoms with E-state index in [9.17, 15) is 9.18 Å². The van der Waals surface area contributed by atoms with Crippen LogP contribution in [-0.2, 0) is 0 Å². The predicted octanol–water partition coefficient (Wildman–Crippen LogP) is 4.16. The van der Waals surface area contributed by atoms with Crippen LogP contribution in [0.2, 0.25) is 0 Å². The highest BCUT2D eigenvalue weighted by Crippen LogP contribution is 2.27. The maximum absolute atomic E-state index is 13.6. The molecule has 0 saturated heterocycles. The Hall–Kier alpha value is -2.40. The Morgan fingerprint density at radius 2 is 2.04 bits per heavy atom. The van der Waals surface area contributed by atoms with Crippen LogP contribution in [0.25, 0.3) is 10.1 Å². The minimum absolute atomic E-state index is 0.210. The Kier molecular flexibility index (Phi) is 4.57. The molecule has 3 aromatic rings. The Bertz CT molecular complexity index is 844. The van der Waals surface area contributed by atoms with Crippen LogP contribution in [0.1, 0.15) is 15.2 Å². The second-order valence-corrected chi connectivity index (χ2v) is 6.27. The Morgan fingerprint density at radius 3 is 2.83 bits per heavy atom. The molecule has 1 heterocycles. The summed E-state index contributed by atoms with van der Waals surface area (Å²) in [4.78, 5) is 12.6. The fourth-order valence-electron chi connectivity index (χ4n) is 2.26. The number of fused-ring (bicyclic) bond motifs is 1. The van der Waals surface area contributed by atoms with Gasteiger partial charge in [0.2, 0.25) is 0 Å². The molecule has 0 aliphatic heterocycles. The van der Waals surface area contributed by atoms with Gasteiger partial charge in [0, 0.05) is 10.1 Å². The van der Waals surface area contributed by atoms with Gasteiger partial charge in [-0.3, -0.25) is 4.79 Å². The molecule has 1 aromatic heterocycles. The molecule has 0 radical (unpaired) electrons. The summed E-state index contributed by atoms with van der Waals surface area (Å²) in [6.07, 6.45) is 0. The van der Waals surface area contributed by atoms with E-state index >= 15 is 0 Å². The predicted molar refractivity (Wildman–Crippen MR) is 90.8 cm³/mol. The summed E-state index contributed by atoms with van der Waals surface area (Å²) in [6, 6.07) is 14.2. The molecular formula is C18H16FNO2S. The maximum atomic E-state index is 13.6. The molecule has 0 unspecified atom stereocenters. The van der Waals surface area contributed by atoms with Crippen molar-refractivity contribution in [1.29, 1.82) is 0 Å². The standard InChI is InChI=1S/C18H16FNO2S/c1-12-4-2-5-13(10-12)22-9-8-20-18(21)17-11-14-15(19)6-3-7-16(14)23-17/h2-7,10-11H,8-9H2,1H3,(H,20,21). The Balaban J connectivity index is 1.55. The lowest BCUT2D eigenvalue weighted by Gasteiger charge is -2.07. The Morgan fingerprint density at radius 1 is 1.22 bits per heavy atom.